The van der Waals surface area contributed by atoms with Gasteiger partial charge in [0.15, 0.2) is 6.61 Å². The fourth-order valence-electron chi connectivity index (χ4n) is 1.43. The number of nitro groups is 1. The van der Waals surface area contributed by atoms with Crippen LogP contribution in [0, 0.1) is 10.1 Å². The summed E-state index contributed by atoms with van der Waals surface area (Å²) in [6.07, 6.45) is 0. The minimum atomic E-state index is -0.549. The first-order chi connectivity index (χ1) is 9.58. The molecule has 0 bridgehead atoms. The Kier molecular flexibility index (Phi) is 6.24. The van der Waals surface area contributed by atoms with Crippen molar-refractivity contribution in [2.75, 3.05) is 33.9 Å². The molecule has 0 aliphatic rings. The third kappa shape index (κ3) is 4.73. The van der Waals surface area contributed by atoms with Gasteiger partial charge in [0, 0.05) is 25.2 Å². The highest BCUT2D eigenvalue weighted by molar-refractivity contribution is 5.77. The van der Waals surface area contributed by atoms with E-state index in [2.05, 4.69) is 10.6 Å². The maximum absolute atomic E-state index is 11.4. The molecular formula is C12H17N3O5. The third-order valence-corrected chi connectivity index (χ3v) is 2.41. The lowest BCUT2D eigenvalue weighted by Crippen LogP contribution is -2.33. The third-order valence-electron chi connectivity index (χ3n) is 2.41. The summed E-state index contributed by atoms with van der Waals surface area (Å²) in [5, 5.41) is 16.3. The molecule has 8 nitrogen and oxygen atoms in total. The van der Waals surface area contributed by atoms with Crippen LogP contribution in [-0.2, 0) is 4.79 Å². The number of methoxy groups -OCH3 is 1. The molecule has 1 amide bonds. The first-order valence-corrected chi connectivity index (χ1v) is 5.95. The van der Waals surface area contributed by atoms with Crippen molar-refractivity contribution in [2.45, 2.75) is 0 Å². The largest absolute Gasteiger partial charge is 0.490 e. The Morgan fingerprint density at radius 2 is 2.15 bits per heavy atom. The number of rotatable bonds is 8. The van der Waals surface area contributed by atoms with E-state index < -0.39 is 4.92 Å². The molecule has 8 heteroatoms. The molecule has 0 saturated carbocycles. The van der Waals surface area contributed by atoms with Crippen LogP contribution in [0.2, 0.25) is 0 Å². The standard InChI is InChI=1S/C12H17N3O5/c1-13-5-6-14-12(16)8-20-9-3-4-10(15(17)18)11(7-9)19-2/h3-4,7,13H,5-6,8H2,1-2H3,(H,14,16). The van der Waals surface area contributed by atoms with Crippen LogP contribution in [0.5, 0.6) is 11.5 Å². The quantitative estimate of drug-likeness (QED) is 0.404. The molecule has 0 heterocycles. The summed E-state index contributed by atoms with van der Waals surface area (Å²) < 4.78 is 10.1. The fourth-order valence-corrected chi connectivity index (χ4v) is 1.43. The van der Waals surface area contributed by atoms with Gasteiger partial charge in [0.05, 0.1) is 12.0 Å². The van der Waals surface area contributed by atoms with Crippen molar-refractivity contribution in [3.8, 4) is 11.5 Å². The average Bonchev–Trinajstić information content (AvgIpc) is 2.44. The molecule has 2 N–H and O–H groups in total. The fraction of sp³-hybridized carbons (Fsp3) is 0.417. The molecule has 0 spiro atoms. The molecule has 1 aromatic rings. The summed E-state index contributed by atoms with van der Waals surface area (Å²) in [5.74, 6) is 0.150. The predicted octanol–water partition coefficient (Wildman–Crippen LogP) is 0.318. The van der Waals surface area contributed by atoms with Crippen LogP contribution in [0.3, 0.4) is 0 Å². The number of carbonyl (C=O) groups is 1. The van der Waals surface area contributed by atoms with Gasteiger partial charge in [-0.25, -0.2) is 0 Å². The molecular weight excluding hydrogens is 266 g/mol. The number of nitro benzene ring substituents is 1. The molecule has 0 radical (unpaired) electrons. The first kappa shape index (κ1) is 15.7. The Balaban J connectivity index is 2.56. The number of likely N-dealkylation sites (N-methyl/N-ethyl adjacent to an activating group) is 1. The smallest absolute Gasteiger partial charge is 0.311 e. The molecule has 0 saturated heterocycles. The number of hydrogen-bond acceptors (Lipinski definition) is 6. The van der Waals surface area contributed by atoms with Gasteiger partial charge in [0.2, 0.25) is 5.75 Å². The van der Waals surface area contributed by atoms with Gasteiger partial charge in [-0.2, -0.15) is 0 Å². The van der Waals surface area contributed by atoms with Crippen LogP contribution in [-0.4, -0.2) is 44.7 Å². The van der Waals surface area contributed by atoms with Crippen molar-refractivity contribution < 1.29 is 19.2 Å². The van der Waals surface area contributed by atoms with Gasteiger partial charge in [0.25, 0.3) is 5.91 Å². The molecule has 20 heavy (non-hydrogen) atoms. The van der Waals surface area contributed by atoms with E-state index in [4.69, 9.17) is 9.47 Å². The second-order valence-corrected chi connectivity index (χ2v) is 3.83. The second kappa shape index (κ2) is 7.95. The number of nitrogens with one attached hydrogen (secondary N) is 2. The Morgan fingerprint density at radius 1 is 1.40 bits per heavy atom. The molecule has 110 valence electrons. The summed E-state index contributed by atoms with van der Waals surface area (Å²) in [4.78, 5) is 21.6. The van der Waals surface area contributed by atoms with Gasteiger partial charge >= 0.3 is 5.69 Å². The first-order valence-electron chi connectivity index (χ1n) is 5.95. The molecule has 1 aromatic carbocycles. The normalized spacial score (nSPS) is 9.90. The van der Waals surface area contributed by atoms with E-state index in [1.165, 1.54) is 25.3 Å². The Morgan fingerprint density at radius 3 is 2.75 bits per heavy atom. The summed E-state index contributed by atoms with van der Waals surface area (Å²) in [5.41, 5.74) is -0.154. The highest BCUT2D eigenvalue weighted by atomic mass is 16.6. The molecule has 0 fully saturated rings. The Bertz CT molecular complexity index is 478. The maximum Gasteiger partial charge on any atom is 0.311 e. The zero-order valence-electron chi connectivity index (χ0n) is 11.3. The van der Waals surface area contributed by atoms with Crippen molar-refractivity contribution in [3.63, 3.8) is 0 Å². The lowest BCUT2D eigenvalue weighted by Gasteiger charge is -2.08. The number of nitrogens with zero attached hydrogens (tertiary/aromatic N) is 1. The van der Waals surface area contributed by atoms with Crippen LogP contribution in [0.25, 0.3) is 0 Å². The lowest BCUT2D eigenvalue weighted by molar-refractivity contribution is -0.385. The van der Waals surface area contributed by atoms with Crippen molar-refractivity contribution in [1.29, 1.82) is 0 Å². The molecule has 0 aliphatic carbocycles. The average molecular weight is 283 g/mol. The van der Waals surface area contributed by atoms with Crippen molar-refractivity contribution in [1.82, 2.24) is 10.6 Å². The minimum absolute atomic E-state index is 0.0862. The van der Waals surface area contributed by atoms with E-state index in [0.29, 0.717) is 18.8 Å². The summed E-state index contributed by atoms with van der Waals surface area (Å²) in [6.45, 7) is 1.00. The molecule has 0 atom stereocenters. The lowest BCUT2D eigenvalue weighted by atomic mass is 10.3. The minimum Gasteiger partial charge on any atom is -0.490 e. The SMILES string of the molecule is CNCCNC(=O)COc1ccc([N+](=O)[O-])c(OC)c1. The summed E-state index contributed by atoms with van der Waals surface area (Å²) >= 11 is 0. The van der Waals surface area contributed by atoms with E-state index in [1.54, 1.807) is 7.05 Å². The van der Waals surface area contributed by atoms with Crippen LogP contribution >= 0.6 is 0 Å². The van der Waals surface area contributed by atoms with Crippen LogP contribution < -0.4 is 20.1 Å². The number of ether oxygens (including phenoxy) is 2. The summed E-state index contributed by atoms with van der Waals surface area (Å²) in [6, 6.07) is 4.06. The van der Waals surface area contributed by atoms with Crippen LogP contribution in [0.4, 0.5) is 5.69 Å². The van der Waals surface area contributed by atoms with E-state index in [9.17, 15) is 14.9 Å². The molecule has 0 aliphatic heterocycles. The van der Waals surface area contributed by atoms with Gasteiger partial charge < -0.3 is 20.1 Å². The Hall–Kier alpha value is -2.35. The van der Waals surface area contributed by atoms with Crippen LogP contribution in [0.1, 0.15) is 0 Å². The van der Waals surface area contributed by atoms with Gasteiger partial charge in [-0.05, 0) is 13.1 Å². The van der Waals surface area contributed by atoms with Gasteiger partial charge in [0.1, 0.15) is 5.75 Å². The van der Waals surface area contributed by atoms with Gasteiger partial charge in [-0.3, -0.25) is 14.9 Å². The number of amides is 1. The van der Waals surface area contributed by atoms with E-state index in [0.717, 1.165) is 0 Å². The van der Waals surface area contributed by atoms with Crippen molar-refractivity contribution >= 4 is 11.6 Å². The monoisotopic (exact) mass is 283 g/mol. The van der Waals surface area contributed by atoms with E-state index in [1.807, 2.05) is 0 Å². The van der Waals surface area contributed by atoms with E-state index in [-0.39, 0.29) is 24.0 Å². The van der Waals surface area contributed by atoms with Gasteiger partial charge in [-0.15, -0.1) is 0 Å². The number of carbonyl (C=O) groups excluding carboxylic acids is 1. The predicted molar refractivity (Wildman–Crippen MR) is 72.1 cm³/mol. The maximum atomic E-state index is 11.4. The Labute approximate surface area is 116 Å². The second-order valence-electron chi connectivity index (χ2n) is 3.83. The van der Waals surface area contributed by atoms with E-state index >= 15 is 0 Å². The van der Waals surface area contributed by atoms with Crippen LogP contribution in [0.15, 0.2) is 18.2 Å². The highest BCUT2D eigenvalue weighted by Crippen LogP contribution is 2.30. The zero-order valence-corrected chi connectivity index (χ0v) is 11.3. The zero-order chi connectivity index (χ0) is 15.0. The topological polar surface area (TPSA) is 103 Å². The van der Waals surface area contributed by atoms with Crippen molar-refractivity contribution in [3.05, 3.63) is 28.3 Å². The number of hydrogen-bond donors (Lipinski definition) is 2. The molecule has 0 aromatic heterocycles. The summed E-state index contributed by atoms with van der Waals surface area (Å²) in [7, 11) is 3.11. The molecule has 1 rings (SSSR count). The van der Waals surface area contributed by atoms with Gasteiger partial charge in [-0.1, -0.05) is 0 Å². The number of benzene rings is 1. The molecule has 0 unspecified atom stereocenters. The van der Waals surface area contributed by atoms with Crippen molar-refractivity contribution in [2.24, 2.45) is 0 Å². The highest BCUT2D eigenvalue weighted by Gasteiger charge is 2.15.